The Balaban J connectivity index is 4.17. The summed E-state index contributed by atoms with van der Waals surface area (Å²) in [5, 5.41) is 0. The van der Waals surface area contributed by atoms with Crippen LogP contribution in [0.3, 0.4) is 0 Å². The summed E-state index contributed by atoms with van der Waals surface area (Å²) in [4.78, 5) is 38.0. The van der Waals surface area contributed by atoms with Crippen LogP contribution < -0.4 is 0 Å². The summed E-state index contributed by atoms with van der Waals surface area (Å²) in [6, 6.07) is 0. The summed E-state index contributed by atoms with van der Waals surface area (Å²) in [5.74, 6) is -0.918. The molecule has 0 bridgehead atoms. The molecule has 0 aromatic carbocycles. The van der Waals surface area contributed by atoms with Crippen LogP contribution in [-0.2, 0) is 28.6 Å². The largest absolute Gasteiger partial charge is 0.462 e. The van der Waals surface area contributed by atoms with Gasteiger partial charge in [0.25, 0.3) is 0 Å². The van der Waals surface area contributed by atoms with Crippen LogP contribution in [0.5, 0.6) is 0 Å². The first-order valence-electron chi connectivity index (χ1n) is 29.8. The minimum absolute atomic E-state index is 0.0871. The monoisotopic (exact) mass is 965 g/mol. The molecule has 0 fully saturated rings. The van der Waals surface area contributed by atoms with Crippen LogP contribution in [0.2, 0.25) is 0 Å². The van der Waals surface area contributed by atoms with Crippen molar-refractivity contribution in [1.29, 1.82) is 0 Å². The maximum Gasteiger partial charge on any atom is 0.306 e. The number of carbonyl (C=O) groups excluding carboxylic acids is 3. The summed E-state index contributed by atoms with van der Waals surface area (Å²) >= 11 is 0. The lowest BCUT2D eigenvalue weighted by atomic mass is 10.0. The minimum atomic E-state index is -0.791. The van der Waals surface area contributed by atoms with E-state index in [2.05, 4.69) is 81.5 Å². The molecule has 6 heteroatoms. The zero-order valence-corrected chi connectivity index (χ0v) is 45.8. The van der Waals surface area contributed by atoms with E-state index in [1.807, 2.05) is 0 Å². The lowest BCUT2D eigenvalue weighted by Gasteiger charge is -2.18. The van der Waals surface area contributed by atoms with Gasteiger partial charge in [-0.1, -0.05) is 248 Å². The molecule has 1 atom stereocenters. The number of rotatable bonds is 54. The Morgan fingerprint density at radius 3 is 0.957 bits per heavy atom. The predicted octanol–water partition coefficient (Wildman–Crippen LogP) is 20.0. The van der Waals surface area contributed by atoms with E-state index in [0.717, 1.165) is 89.9 Å². The van der Waals surface area contributed by atoms with Gasteiger partial charge in [0.15, 0.2) is 6.10 Å². The Morgan fingerprint density at radius 2 is 0.580 bits per heavy atom. The summed E-state index contributed by atoms with van der Waals surface area (Å²) in [6.07, 6.45) is 72.4. The predicted molar refractivity (Wildman–Crippen MR) is 298 cm³/mol. The Morgan fingerprint density at radius 1 is 0.304 bits per heavy atom. The highest BCUT2D eigenvalue weighted by Crippen LogP contribution is 2.16. The second kappa shape index (κ2) is 57.7. The zero-order chi connectivity index (χ0) is 50.0. The van der Waals surface area contributed by atoms with E-state index in [1.54, 1.807) is 0 Å². The van der Waals surface area contributed by atoms with Crippen molar-refractivity contribution in [2.75, 3.05) is 13.2 Å². The van der Waals surface area contributed by atoms with Gasteiger partial charge in [0.2, 0.25) is 0 Å². The highest BCUT2D eigenvalue weighted by molar-refractivity contribution is 5.71. The third-order valence-corrected chi connectivity index (χ3v) is 13.0. The number of ether oxygens (including phenoxy) is 3. The van der Waals surface area contributed by atoms with E-state index in [-0.39, 0.29) is 31.1 Å². The second-order valence-corrected chi connectivity index (χ2v) is 19.9. The van der Waals surface area contributed by atoms with Crippen molar-refractivity contribution in [3.63, 3.8) is 0 Å². The van der Waals surface area contributed by atoms with E-state index in [4.69, 9.17) is 14.2 Å². The van der Waals surface area contributed by atoms with E-state index in [1.165, 1.54) is 173 Å². The molecule has 0 radical (unpaired) electrons. The van der Waals surface area contributed by atoms with Crippen molar-refractivity contribution in [1.82, 2.24) is 0 Å². The zero-order valence-electron chi connectivity index (χ0n) is 45.8. The number of hydrogen-bond donors (Lipinski definition) is 0. The van der Waals surface area contributed by atoms with Crippen LogP contribution in [0, 0.1) is 0 Å². The van der Waals surface area contributed by atoms with Crippen LogP contribution >= 0.6 is 0 Å². The van der Waals surface area contributed by atoms with Gasteiger partial charge in [-0.3, -0.25) is 14.4 Å². The Hall–Kier alpha value is -2.89. The molecule has 0 aromatic rings. The molecule has 400 valence electrons. The highest BCUT2D eigenvalue weighted by Gasteiger charge is 2.19. The molecule has 69 heavy (non-hydrogen) atoms. The lowest BCUT2D eigenvalue weighted by molar-refractivity contribution is -0.167. The maximum absolute atomic E-state index is 12.8. The van der Waals surface area contributed by atoms with Crippen LogP contribution in [0.25, 0.3) is 0 Å². The molecule has 0 rings (SSSR count). The minimum Gasteiger partial charge on any atom is -0.462 e. The van der Waals surface area contributed by atoms with Crippen LogP contribution in [0.1, 0.15) is 303 Å². The first-order valence-corrected chi connectivity index (χ1v) is 29.8. The number of allylic oxidation sites excluding steroid dienone is 10. The normalized spacial score (nSPS) is 12.4. The lowest BCUT2D eigenvalue weighted by Crippen LogP contribution is -2.30. The molecule has 0 heterocycles. The fraction of sp³-hybridized carbons (Fsp3) is 0.794. The first-order chi connectivity index (χ1) is 34.0. The molecule has 6 nitrogen and oxygen atoms in total. The Bertz CT molecular complexity index is 1250. The van der Waals surface area contributed by atoms with E-state index >= 15 is 0 Å². The van der Waals surface area contributed by atoms with Gasteiger partial charge >= 0.3 is 17.9 Å². The molecule has 0 saturated carbocycles. The molecule has 0 amide bonds. The van der Waals surface area contributed by atoms with Gasteiger partial charge in [-0.05, 0) is 96.3 Å². The Labute approximate surface area is 428 Å². The number of esters is 3. The molecule has 0 aromatic heterocycles. The molecule has 1 unspecified atom stereocenters. The van der Waals surface area contributed by atoms with Crippen molar-refractivity contribution < 1.29 is 28.6 Å². The maximum atomic E-state index is 12.8. The third kappa shape index (κ3) is 55.9. The van der Waals surface area contributed by atoms with Gasteiger partial charge in [-0.2, -0.15) is 0 Å². The standard InChI is InChI=1S/C63H112O6/c1-4-7-10-13-16-19-22-24-25-26-27-28-29-30-31-32-33-34-35-36-37-39-41-44-47-50-53-56-62(65)68-59-60(58-67-61(64)55-52-49-46-43-40-21-18-15-12-9-6-3)69-63(66)57-54-51-48-45-42-38-23-20-17-14-11-8-5-2/h8,11,15,17-18,20,26-27,38,42,60H,4-7,9-10,12-14,16,19,21-25,28-37,39-41,43-59H2,1-3H3/b11-8-,18-15-,20-17-,27-26-,42-38-. The summed E-state index contributed by atoms with van der Waals surface area (Å²) in [7, 11) is 0. The Kier molecular flexibility index (Phi) is 55.3. The average Bonchev–Trinajstić information content (AvgIpc) is 3.35. The van der Waals surface area contributed by atoms with Gasteiger partial charge in [0.05, 0.1) is 0 Å². The van der Waals surface area contributed by atoms with Gasteiger partial charge in [0, 0.05) is 19.3 Å². The number of unbranched alkanes of at least 4 members (excludes halogenated alkanes) is 33. The molecule has 0 aliphatic heterocycles. The first kappa shape index (κ1) is 66.1. The second-order valence-electron chi connectivity index (χ2n) is 19.9. The fourth-order valence-corrected chi connectivity index (χ4v) is 8.49. The molecule has 0 spiro atoms. The topological polar surface area (TPSA) is 78.9 Å². The highest BCUT2D eigenvalue weighted by atomic mass is 16.6. The van der Waals surface area contributed by atoms with E-state index in [9.17, 15) is 14.4 Å². The molecule has 0 aliphatic carbocycles. The van der Waals surface area contributed by atoms with Gasteiger partial charge in [-0.15, -0.1) is 0 Å². The van der Waals surface area contributed by atoms with Crippen molar-refractivity contribution in [2.24, 2.45) is 0 Å². The number of hydrogen-bond acceptors (Lipinski definition) is 6. The van der Waals surface area contributed by atoms with Gasteiger partial charge in [0.1, 0.15) is 13.2 Å². The summed E-state index contributed by atoms with van der Waals surface area (Å²) in [5.41, 5.74) is 0. The molecule has 0 saturated heterocycles. The SMILES string of the molecule is CC/C=C\C/C=C\C/C=C\CCCCCC(=O)OC(COC(=O)CCCCCCC/C=C\CCCC)COC(=O)CCCCCCCCCCCCCCCCC/C=C\CCCCCCCCCC. The van der Waals surface area contributed by atoms with Gasteiger partial charge in [-0.25, -0.2) is 0 Å². The third-order valence-electron chi connectivity index (χ3n) is 13.0. The van der Waals surface area contributed by atoms with Crippen LogP contribution in [-0.4, -0.2) is 37.2 Å². The van der Waals surface area contributed by atoms with Crippen molar-refractivity contribution in [2.45, 2.75) is 309 Å². The van der Waals surface area contributed by atoms with E-state index < -0.39 is 6.10 Å². The van der Waals surface area contributed by atoms with Crippen molar-refractivity contribution in [3.8, 4) is 0 Å². The van der Waals surface area contributed by atoms with Crippen LogP contribution in [0.15, 0.2) is 60.8 Å². The number of carbonyl (C=O) groups is 3. The summed E-state index contributed by atoms with van der Waals surface area (Å²) in [6.45, 7) is 6.48. The van der Waals surface area contributed by atoms with Crippen molar-refractivity contribution in [3.05, 3.63) is 60.8 Å². The molecular formula is C63H112O6. The molecule has 0 aliphatic rings. The average molecular weight is 966 g/mol. The molecule has 0 N–H and O–H groups in total. The summed E-state index contributed by atoms with van der Waals surface area (Å²) < 4.78 is 16.8. The van der Waals surface area contributed by atoms with Crippen molar-refractivity contribution >= 4 is 17.9 Å². The quantitative estimate of drug-likeness (QED) is 0.0262. The fourth-order valence-electron chi connectivity index (χ4n) is 8.49. The molecular weight excluding hydrogens is 853 g/mol. The van der Waals surface area contributed by atoms with E-state index in [0.29, 0.717) is 19.3 Å². The smallest absolute Gasteiger partial charge is 0.306 e. The van der Waals surface area contributed by atoms with Crippen LogP contribution in [0.4, 0.5) is 0 Å². The van der Waals surface area contributed by atoms with Gasteiger partial charge < -0.3 is 14.2 Å².